The van der Waals surface area contributed by atoms with Crippen LogP contribution < -0.4 is 10.1 Å². The van der Waals surface area contributed by atoms with Crippen molar-refractivity contribution in [1.29, 1.82) is 0 Å². The van der Waals surface area contributed by atoms with Crippen LogP contribution in [0.5, 0.6) is 5.75 Å². The average Bonchev–Trinajstić information content (AvgIpc) is 3.31. The van der Waals surface area contributed by atoms with Crippen molar-refractivity contribution in [2.24, 2.45) is 5.41 Å². The number of aromatic nitrogens is 1. The second-order valence-corrected chi connectivity index (χ2v) is 8.37. The van der Waals surface area contributed by atoms with Gasteiger partial charge in [0.15, 0.2) is 0 Å². The zero-order chi connectivity index (χ0) is 17.4. The first kappa shape index (κ1) is 15.3. The summed E-state index contributed by atoms with van der Waals surface area (Å²) in [4.78, 5) is 13.1. The van der Waals surface area contributed by atoms with Crippen molar-refractivity contribution in [2.75, 3.05) is 13.7 Å². The van der Waals surface area contributed by atoms with Crippen LogP contribution in [0.25, 0.3) is 10.9 Å². The van der Waals surface area contributed by atoms with E-state index < -0.39 is 0 Å². The van der Waals surface area contributed by atoms with Crippen LogP contribution in [-0.2, 0) is 0 Å². The number of carbonyl (C=O) groups excluding carboxylic acids is 1. The molecule has 4 aliphatic carbocycles. The second-order valence-electron chi connectivity index (χ2n) is 8.37. The minimum atomic E-state index is -0.0842. The maximum absolute atomic E-state index is 13.1. The lowest BCUT2D eigenvalue weighted by molar-refractivity contribution is -0.172. The number of ether oxygens (including phenoxy) is 1. The molecule has 1 amide bonds. The molecule has 1 aromatic carbocycles. The van der Waals surface area contributed by atoms with Gasteiger partial charge in [0.2, 0.25) is 0 Å². The fourth-order valence-electron chi connectivity index (χ4n) is 5.24. The van der Waals surface area contributed by atoms with E-state index in [1.54, 1.807) is 7.11 Å². The Morgan fingerprint density at radius 3 is 2.68 bits per heavy atom. The van der Waals surface area contributed by atoms with Crippen molar-refractivity contribution < 1.29 is 14.6 Å². The van der Waals surface area contributed by atoms with Crippen LogP contribution in [0.15, 0.2) is 18.2 Å². The Balaban J connectivity index is 1.53. The van der Waals surface area contributed by atoms with Crippen LogP contribution in [0.3, 0.4) is 0 Å². The highest BCUT2D eigenvalue weighted by molar-refractivity contribution is 6.09. The number of methoxy groups -OCH3 is 1. The molecule has 6 rings (SSSR count). The van der Waals surface area contributed by atoms with Crippen molar-refractivity contribution >= 4 is 16.8 Å². The van der Waals surface area contributed by atoms with Crippen molar-refractivity contribution in [3.8, 4) is 5.75 Å². The number of amides is 1. The zero-order valence-corrected chi connectivity index (χ0v) is 14.8. The van der Waals surface area contributed by atoms with Gasteiger partial charge in [0, 0.05) is 40.2 Å². The standard InChI is InChI=1S/C20H24N2O3/c1-12-17(18(24)21-20-8-19(9-20,10-20)11-23)15-7-14(25-2)5-6-16(15)22(12)13-3-4-13/h5-7,13,23H,3-4,8-11H2,1-2H3,(H,21,24). The van der Waals surface area contributed by atoms with Crippen LogP contribution >= 0.6 is 0 Å². The molecule has 4 fully saturated rings. The van der Waals surface area contributed by atoms with Crippen molar-refractivity contribution in [3.05, 3.63) is 29.5 Å². The normalized spacial score (nSPS) is 29.9. The first-order valence-electron chi connectivity index (χ1n) is 9.12. The topological polar surface area (TPSA) is 63.5 Å². The molecule has 2 bridgehead atoms. The van der Waals surface area contributed by atoms with Gasteiger partial charge in [-0.1, -0.05) is 0 Å². The lowest BCUT2D eigenvalue weighted by Gasteiger charge is -2.70. The Hall–Kier alpha value is -2.01. The van der Waals surface area contributed by atoms with Gasteiger partial charge in [-0.15, -0.1) is 0 Å². The highest BCUT2D eigenvalue weighted by Gasteiger charge is 2.68. The number of aliphatic hydroxyl groups excluding tert-OH is 1. The zero-order valence-electron chi connectivity index (χ0n) is 14.8. The number of fused-ring (bicyclic) bond motifs is 1. The average molecular weight is 340 g/mol. The van der Waals surface area contributed by atoms with E-state index in [0.29, 0.717) is 6.04 Å². The number of hydrogen-bond acceptors (Lipinski definition) is 3. The molecular weight excluding hydrogens is 316 g/mol. The third-order valence-electron chi connectivity index (χ3n) is 6.45. The Morgan fingerprint density at radius 2 is 2.08 bits per heavy atom. The van der Waals surface area contributed by atoms with Crippen molar-refractivity contribution in [3.63, 3.8) is 0 Å². The number of aliphatic hydroxyl groups is 1. The summed E-state index contributed by atoms with van der Waals surface area (Å²) in [5.74, 6) is 0.792. The Kier molecular flexibility index (Phi) is 2.92. The molecule has 0 unspecified atom stereocenters. The van der Waals surface area contributed by atoms with Gasteiger partial charge in [-0.2, -0.15) is 0 Å². The van der Waals surface area contributed by atoms with Crippen LogP contribution in [0.4, 0.5) is 0 Å². The fraction of sp³-hybridized carbons (Fsp3) is 0.550. The third kappa shape index (κ3) is 2.02. The maximum Gasteiger partial charge on any atom is 0.254 e. The minimum absolute atomic E-state index is 0.0152. The first-order valence-corrected chi connectivity index (χ1v) is 9.12. The largest absolute Gasteiger partial charge is 0.497 e. The van der Waals surface area contributed by atoms with Crippen LogP contribution in [0, 0.1) is 12.3 Å². The summed E-state index contributed by atoms with van der Waals surface area (Å²) in [6.45, 7) is 2.29. The summed E-state index contributed by atoms with van der Waals surface area (Å²) in [6, 6.07) is 6.53. The molecule has 0 spiro atoms. The molecule has 4 saturated carbocycles. The van der Waals surface area contributed by atoms with E-state index in [0.717, 1.165) is 47.2 Å². The summed E-state index contributed by atoms with van der Waals surface area (Å²) in [7, 11) is 1.65. The highest BCUT2D eigenvalue weighted by Crippen LogP contribution is 2.66. The number of nitrogens with zero attached hydrogens (tertiary/aromatic N) is 1. The predicted octanol–water partition coefficient (Wildman–Crippen LogP) is 2.94. The molecule has 0 atom stereocenters. The molecule has 5 heteroatoms. The molecule has 0 radical (unpaired) electrons. The number of nitrogens with one attached hydrogen (secondary N) is 1. The van der Waals surface area contributed by atoms with E-state index in [1.165, 1.54) is 12.8 Å². The van der Waals surface area contributed by atoms with E-state index in [9.17, 15) is 9.90 Å². The van der Waals surface area contributed by atoms with Gasteiger partial charge in [-0.3, -0.25) is 4.79 Å². The molecule has 2 aromatic rings. The monoisotopic (exact) mass is 340 g/mol. The number of rotatable bonds is 5. The predicted molar refractivity (Wildman–Crippen MR) is 95.1 cm³/mol. The van der Waals surface area contributed by atoms with Crippen molar-refractivity contribution in [1.82, 2.24) is 9.88 Å². The molecule has 4 aliphatic rings. The Morgan fingerprint density at radius 1 is 1.36 bits per heavy atom. The summed E-state index contributed by atoms with van der Waals surface area (Å²) in [6.07, 6.45) is 5.09. The molecule has 0 aliphatic heterocycles. The quantitative estimate of drug-likeness (QED) is 0.880. The Bertz CT molecular complexity index is 874. The summed E-state index contributed by atoms with van der Waals surface area (Å²) in [5.41, 5.74) is 2.96. The van der Waals surface area contributed by atoms with E-state index in [-0.39, 0.29) is 23.5 Å². The molecule has 1 aromatic heterocycles. The molecule has 2 N–H and O–H groups in total. The van der Waals surface area contributed by atoms with Gasteiger partial charge in [0.1, 0.15) is 5.75 Å². The van der Waals surface area contributed by atoms with Crippen LogP contribution in [0.1, 0.15) is 54.2 Å². The second kappa shape index (κ2) is 4.79. The van der Waals surface area contributed by atoms with Gasteiger partial charge in [0.25, 0.3) is 5.91 Å². The van der Waals surface area contributed by atoms with Gasteiger partial charge < -0.3 is 19.7 Å². The molecular formula is C20H24N2O3. The lowest BCUT2D eigenvalue weighted by atomic mass is 9.39. The molecule has 5 nitrogen and oxygen atoms in total. The number of hydrogen-bond donors (Lipinski definition) is 2. The van der Waals surface area contributed by atoms with Gasteiger partial charge in [0.05, 0.1) is 12.7 Å². The molecule has 0 saturated heterocycles. The molecule has 132 valence electrons. The van der Waals surface area contributed by atoms with Gasteiger partial charge in [-0.25, -0.2) is 0 Å². The third-order valence-corrected chi connectivity index (χ3v) is 6.45. The van der Waals surface area contributed by atoms with Crippen LogP contribution in [-0.4, -0.2) is 34.8 Å². The lowest BCUT2D eigenvalue weighted by Crippen LogP contribution is -2.75. The summed E-state index contributed by atoms with van der Waals surface area (Å²) in [5, 5.41) is 13.7. The maximum atomic E-state index is 13.1. The highest BCUT2D eigenvalue weighted by atomic mass is 16.5. The molecule has 25 heavy (non-hydrogen) atoms. The summed E-state index contributed by atoms with van der Waals surface area (Å²) >= 11 is 0. The fourth-order valence-corrected chi connectivity index (χ4v) is 5.24. The summed E-state index contributed by atoms with van der Waals surface area (Å²) < 4.78 is 7.70. The van der Waals surface area contributed by atoms with E-state index in [4.69, 9.17) is 4.74 Å². The van der Waals surface area contributed by atoms with E-state index in [1.807, 2.05) is 12.1 Å². The Labute approximate surface area is 147 Å². The first-order chi connectivity index (χ1) is 12.0. The van der Waals surface area contributed by atoms with E-state index in [2.05, 4.69) is 22.9 Å². The number of benzene rings is 1. The smallest absolute Gasteiger partial charge is 0.254 e. The van der Waals surface area contributed by atoms with Crippen LogP contribution in [0.2, 0.25) is 0 Å². The van der Waals surface area contributed by atoms with Gasteiger partial charge >= 0.3 is 0 Å². The van der Waals surface area contributed by atoms with Crippen molar-refractivity contribution in [2.45, 2.75) is 50.6 Å². The van der Waals surface area contributed by atoms with Gasteiger partial charge in [-0.05, 0) is 57.2 Å². The number of carbonyl (C=O) groups is 1. The van der Waals surface area contributed by atoms with E-state index >= 15 is 0 Å². The SMILES string of the molecule is COc1ccc2c(c1)c(C(=O)NC13CC(CO)(C1)C3)c(C)n2C1CC1. The molecule has 1 heterocycles. The minimum Gasteiger partial charge on any atom is -0.497 e.